The van der Waals surface area contributed by atoms with Crippen molar-refractivity contribution in [1.82, 2.24) is 5.32 Å². The van der Waals surface area contributed by atoms with E-state index in [1.807, 2.05) is 0 Å². The molecule has 2 heteroatoms. The molecule has 20 heavy (non-hydrogen) atoms. The van der Waals surface area contributed by atoms with Gasteiger partial charge in [-0.25, -0.2) is 0 Å². The molecular weight excluding hydrogens is 246 g/mol. The van der Waals surface area contributed by atoms with Crippen molar-refractivity contribution in [2.24, 2.45) is 0 Å². The molecule has 0 aliphatic carbocycles. The summed E-state index contributed by atoms with van der Waals surface area (Å²) in [5, 5.41) is 12.1. The van der Waals surface area contributed by atoms with Gasteiger partial charge in [-0.2, -0.15) is 0 Å². The van der Waals surface area contributed by atoms with Gasteiger partial charge in [0.1, 0.15) is 0 Å². The molecular formula is C18H39NO. The molecule has 0 bridgehead atoms. The zero-order valence-corrected chi connectivity index (χ0v) is 14.0. The lowest BCUT2D eigenvalue weighted by molar-refractivity contribution is 0.283. The van der Waals surface area contributed by atoms with Crippen LogP contribution in [-0.4, -0.2) is 24.8 Å². The molecule has 122 valence electrons. The first-order chi connectivity index (χ1) is 9.91. The van der Waals surface area contributed by atoms with Crippen LogP contribution >= 0.6 is 0 Å². The van der Waals surface area contributed by atoms with Gasteiger partial charge in [0.25, 0.3) is 0 Å². The number of rotatable bonds is 17. The highest BCUT2D eigenvalue weighted by molar-refractivity contribution is 4.51. The highest BCUT2D eigenvalue weighted by Crippen LogP contribution is 2.11. The van der Waals surface area contributed by atoms with Crippen molar-refractivity contribution >= 4 is 0 Å². The SMILES string of the molecule is CCCCCCCCCCCCCCNCCCCO. The Morgan fingerprint density at radius 1 is 0.550 bits per heavy atom. The van der Waals surface area contributed by atoms with E-state index >= 15 is 0 Å². The predicted molar refractivity (Wildman–Crippen MR) is 90.3 cm³/mol. The highest BCUT2D eigenvalue weighted by Gasteiger charge is 1.93. The van der Waals surface area contributed by atoms with Crippen LogP contribution in [0.5, 0.6) is 0 Å². The van der Waals surface area contributed by atoms with E-state index in [0.717, 1.165) is 25.9 Å². The largest absolute Gasteiger partial charge is 0.396 e. The van der Waals surface area contributed by atoms with Gasteiger partial charge in [0.15, 0.2) is 0 Å². The van der Waals surface area contributed by atoms with Crippen molar-refractivity contribution < 1.29 is 5.11 Å². The minimum atomic E-state index is 0.334. The molecule has 0 aliphatic heterocycles. The molecule has 0 radical (unpaired) electrons. The maximum absolute atomic E-state index is 8.65. The highest BCUT2D eigenvalue weighted by atomic mass is 16.2. The Labute approximate surface area is 127 Å². The van der Waals surface area contributed by atoms with E-state index in [1.165, 1.54) is 77.0 Å². The van der Waals surface area contributed by atoms with Gasteiger partial charge in [0.2, 0.25) is 0 Å². The summed E-state index contributed by atoms with van der Waals surface area (Å²) in [4.78, 5) is 0. The second-order valence-corrected chi connectivity index (χ2v) is 6.07. The lowest BCUT2D eigenvalue weighted by Gasteiger charge is -2.04. The monoisotopic (exact) mass is 285 g/mol. The maximum Gasteiger partial charge on any atom is 0.0431 e. The Balaban J connectivity index is 2.89. The normalized spacial score (nSPS) is 11.1. The van der Waals surface area contributed by atoms with Gasteiger partial charge in [0.05, 0.1) is 0 Å². The van der Waals surface area contributed by atoms with Crippen LogP contribution in [0.2, 0.25) is 0 Å². The van der Waals surface area contributed by atoms with Crippen molar-refractivity contribution in [2.75, 3.05) is 19.7 Å². The fourth-order valence-corrected chi connectivity index (χ4v) is 2.58. The third kappa shape index (κ3) is 17.9. The van der Waals surface area contributed by atoms with E-state index in [4.69, 9.17) is 5.11 Å². The van der Waals surface area contributed by atoms with Crippen LogP contribution in [-0.2, 0) is 0 Å². The van der Waals surface area contributed by atoms with Crippen LogP contribution in [0.3, 0.4) is 0 Å². The van der Waals surface area contributed by atoms with Crippen molar-refractivity contribution in [2.45, 2.75) is 96.8 Å². The summed E-state index contributed by atoms with van der Waals surface area (Å²) in [7, 11) is 0. The fourth-order valence-electron chi connectivity index (χ4n) is 2.58. The number of aliphatic hydroxyl groups excluding tert-OH is 1. The lowest BCUT2D eigenvalue weighted by Crippen LogP contribution is -2.16. The molecule has 0 amide bonds. The Hall–Kier alpha value is -0.0800. The first kappa shape index (κ1) is 19.9. The van der Waals surface area contributed by atoms with Crippen molar-refractivity contribution in [3.8, 4) is 0 Å². The van der Waals surface area contributed by atoms with E-state index in [2.05, 4.69) is 12.2 Å². The van der Waals surface area contributed by atoms with Gasteiger partial charge in [0, 0.05) is 6.61 Å². The summed E-state index contributed by atoms with van der Waals surface area (Å²) in [5.41, 5.74) is 0. The Morgan fingerprint density at radius 2 is 0.950 bits per heavy atom. The standard InChI is InChI=1S/C18H39NO/c1-2-3-4-5-6-7-8-9-10-11-12-13-16-19-17-14-15-18-20/h19-20H,2-18H2,1H3. The molecule has 0 saturated carbocycles. The van der Waals surface area contributed by atoms with Crippen LogP contribution in [0.4, 0.5) is 0 Å². The number of aliphatic hydroxyl groups is 1. The molecule has 0 aromatic heterocycles. The van der Waals surface area contributed by atoms with Crippen molar-refractivity contribution in [3.05, 3.63) is 0 Å². The summed E-state index contributed by atoms with van der Waals surface area (Å²) in [6.45, 7) is 4.84. The predicted octanol–water partition coefficient (Wildman–Crippen LogP) is 5.05. The summed E-state index contributed by atoms with van der Waals surface area (Å²) in [5.74, 6) is 0. The summed E-state index contributed by atoms with van der Waals surface area (Å²) in [6, 6.07) is 0. The number of nitrogens with one attached hydrogen (secondary N) is 1. The molecule has 0 spiro atoms. The molecule has 2 nitrogen and oxygen atoms in total. The van der Waals surface area contributed by atoms with E-state index in [0.29, 0.717) is 6.61 Å². The zero-order chi connectivity index (χ0) is 14.7. The van der Waals surface area contributed by atoms with Gasteiger partial charge >= 0.3 is 0 Å². The zero-order valence-electron chi connectivity index (χ0n) is 14.0. The second-order valence-electron chi connectivity index (χ2n) is 6.07. The first-order valence-electron chi connectivity index (χ1n) is 9.23. The summed E-state index contributed by atoms with van der Waals surface area (Å²) < 4.78 is 0. The Bertz CT molecular complexity index is 143. The van der Waals surface area contributed by atoms with E-state index in [-0.39, 0.29) is 0 Å². The molecule has 0 rings (SSSR count). The smallest absolute Gasteiger partial charge is 0.0431 e. The molecule has 0 atom stereocenters. The van der Waals surface area contributed by atoms with Crippen molar-refractivity contribution in [3.63, 3.8) is 0 Å². The van der Waals surface area contributed by atoms with Crippen LogP contribution in [0.1, 0.15) is 96.8 Å². The van der Waals surface area contributed by atoms with Gasteiger partial charge < -0.3 is 10.4 Å². The van der Waals surface area contributed by atoms with Crippen molar-refractivity contribution in [1.29, 1.82) is 0 Å². The molecule has 0 aliphatic rings. The Kier molecular flexibility index (Phi) is 18.8. The number of hydrogen-bond acceptors (Lipinski definition) is 2. The molecule has 0 saturated heterocycles. The quantitative estimate of drug-likeness (QED) is 0.367. The van der Waals surface area contributed by atoms with Gasteiger partial charge in [-0.15, -0.1) is 0 Å². The van der Waals surface area contributed by atoms with Gasteiger partial charge in [-0.1, -0.05) is 77.6 Å². The van der Waals surface area contributed by atoms with Crippen LogP contribution in [0.25, 0.3) is 0 Å². The minimum Gasteiger partial charge on any atom is -0.396 e. The number of hydrogen-bond donors (Lipinski definition) is 2. The van der Waals surface area contributed by atoms with E-state index in [1.54, 1.807) is 0 Å². The van der Waals surface area contributed by atoms with Gasteiger partial charge in [-0.05, 0) is 32.4 Å². The van der Waals surface area contributed by atoms with Crippen LogP contribution in [0, 0.1) is 0 Å². The van der Waals surface area contributed by atoms with E-state index < -0.39 is 0 Å². The Morgan fingerprint density at radius 3 is 1.40 bits per heavy atom. The van der Waals surface area contributed by atoms with Gasteiger partial charge in [-0.3, -0.25) is 0 Å². The summed E-state index contributed by atoms with van der Waals surface area (Å²) in [6.07, 6.45) is 19.1. The topological polar surface area (TPSA) is 32.3 Å². The maximum atomic E-state index is 8.65. The third-order valence-electron chi connectivity index (χ3n) is 3.97. The second kappa shape index (κ2) is 18.9. The molecule has 0 aromatic carbocycles. The first-order valence-corrected chi connectivity index (χ1v) is 9.23. The number of unbranched alkanes of at least 4 members (excludes halogenated alkanes) is 12. The molecule has 0 heterocycles. The van der Waals surface area contributed by atoms with Crippen LogP contribution < -0.4 is 5.32 Å². The molecule has 0 unspecified atom stereocenters. The fraction of sp³-hybridized carbons (Fsp3) is 1.00. The van der Waals surface area contributed by atoms with Crippen LogP contribution in [0.15, 0.2) is 0 Å². The summed E-state index contributed by atoms with van der Waals surface area (Å²) >= 11 is 0. The van der Waals surface area contributed by atoms with E-state index in [9.17, 15) is 0 Å². The average molecular weight is 286 g/mol. The molecule has 0 aromatic rings. The molecule has 0 fully saturated rings. The minimum absolute atomic E-state index is 0.334. The lowest BCUT2D eigenvalue weighted by atomic mass is 10.1. The average Bonchev–Trinajstić information content (AvgIpc) is 2.47. The molecule has 2 N–H and O–H groups in total. The third-order valence-corrected chi connectivity index (χ3v) is 3.97.